The third kappa shape index (κ3) is 4.02. The lowest BCUT2D eigenvalue weighted by Gasteiger charge is -2.26. The van der Waals surface area contributed by atoms with Gasteiger partial charge in [0, 0.05) is 30.6 Å². The third-order valence-corrected chi connectivity index (χ3v) is 6.21. The summed E-state index contributed by atoms with van der Waals surface area (Å²) in [6.45, 7) is 2.31. The lowest BCUT2D eigenvalue weighted by molar-refractivity contribution is 0.0770. The largest absolute Gasteiger partial charge is 0.337 e. The van der Waals surface area contributed by atoms with Gasteiger partial charge < -0.3 is 4.90 Å². The number of hydrogen-bond acceptors (Lipinski definition) is 4. The summed E-state index contributed by atoms with van der Waals surface area (Å²) >= 11 is 0. The maximum atomic E-state index is 12.5. The number of rotatable bonds is 4. The Morgan fingerprint density at radius 2 is 1.58 bits per heavy atom. The number of carbonyl (C=O) groups is 2. The van der Waals surface area contributed by atoms with Crippen molar-refractivity contribution in [1.29, 1.82) is 0 Å². The quantitative estimate of drug-likeness (QED) is 0.775. The van der Waals surface area contributed by atoms with Crippen LogP contribution in [0.5, 0.6) is 0 Å². The fraction of sp³-hybridized carbons (Fsp3) is 0.300. The molecule has 1 amide bonds. The number of ketones is 1. The number of nitrogens with zero attached hydrogens (tertiary/aromatic N) is 1. The summed E-state index contributed by atoms with van der Waals surface area (Å²) in [6.07, 6.45) is 0.461. The van der Waals surface area contributed by atoms with E-state index in [1.54, 1.807) is 23.1 Å². The molecule has 1 saturated heterocycles. The minimum absolute atomic E-state index is 0.0229. The molecule has 0 saturated carbocycles. The van der Waals surface area contributed by atoms with Gasteiger partial charge in [-0.2, -0.15) is 0 Å². The van der Waals surface area contributed by atoms with Crippen LogP contribution in [0.3, 0.4) is 0 Å². The van der Waals surface area contributed by atoms with Crippen molar-refractivity contribution in [1.82, 2.24) is 4.90 Å². The topological polar surface area (TPSA) is 71.5 Å². The second-order valence-electron chi connectivity index (χ2n) is 6.38. The van der Waals surface area contributed by atoms with E-state index in [-0.39, 0.29) is 36.3 Å². The molecule has 6 heteroatoms. The molecule has 0 aliphatic carbocycles. The molecule has 3 rings (SSSR count). The van der Waals surface area contributed by atoms with Crippen molar-refractivity contribution >= 4 is 21.5 Å². The Balaban J connectivity index is 1.76. The summed E-state index contributed by atoms with van der Waals surface area (Å²) in [5.74, 6) is -0.00972. The van der Waals surface area contributed by atoms with E-state index in [9.17, 15) is 18.0 Å². The maximum absolute atomic E-state index is 12.5. The van der Waals surface area contributed by atoms with E-state index in [4.69, 9.17) is 0 Å². The van der Waals surface area contributed by atoms with Crippen molar-refractivity contribution in [3.8, 4) is 11.1 Å². The second-order valence-corrected chi connectivity index (χ2v) is 8.68. The Labute approximate surface area is 153 Å². The highest BCUT2D eigenvalue weighted by Crippen LogP contribution is 2.22. The SMILES string of the molecule is CCC(=O)c1cccc(-c2ccc(C(=O)N3CCS(=O)(=O)CC3)cc2)c1. The molecule has 136 valence electrons. The van der Waals surface area contributed by atoms with Gasteiger partial charge in [-0.15, -0.1) is 0 Å². The van der Waals surface area contributed by atoms with Gasteiger partial charge >= 0.3 is 0 Å². The fourth-order valence-electron chi connectivity index (χ4n) is 2.98. The van der Waals surface area contributed by atoms with E-state index < -0.39 is 9.84 Å². The van der Waals surface area contributed by atoms with E-state index in [2.05, 4.69) is 0 Å². The normalized spacial score (nSPS) is 16.3. The van der Waals surface area contributed by atoms with Crippen LogP contribution in [0.2, 0.25) is 0 Å². The Hall–Kier alpha value is -2.47. The van der Waals surface area contributed by atoms with Gasteiger partial charge in [0.05, 0.1) is 11.5 Å². The Kier molecular flexibility index (Phi) is 5.23. The molecule has 1 heterocycles. The molecule has 0 unspecified atom stereocenters. The van der Waals surface area contributed by atoms with Crippen LogP contribution in [0.15, 0.2) is 48.5 Å². The standard InChI is InChI=1S/C20H21NO4S/c1-2-19(22)18-5-3-4-17(14-18)15-6-8-16(9-7-15)20(23)21-10-12-26(24,25)13-11-21/h3-9,14H,2,10-13H2,1H3. The number of Topliss-reactive ketones (excluding diaryl/α,β-unsaturated/α-hetero) is 1. The molecular weight excluding hydrogens is 350 g/mol. The number of hydrogen-bond donors (Lipinski definition) is 0. The first-order valence-corrected chi connectivity index (χ1v) is 10.4. The van der Waals surface area contributed by atoms with Crippen molar-refractivity contribution < 1.29 is 18.0 Å². The highest BCUT2D eigenvalue weighted by atomic mass is 32.2. The molecule has 26 heavy (non-hydrogen) atoms. The molecular formula is C20H21NO4S. The van der Waals surface area contributed by atoms with Crippen LogP contribution in [0.25, 0.3) is 11.1 Å². The lowest BCUT2D eigenvalue weighted by atomic mass is 9.99. The van der Waals surface area contributed by atoms with Gasteiger partial charge in [-0.3, -0.25) is 9.59 Å². The zero-order valence-electron chi connectivity index (χ0n) is 14.6. The molecule has 1 aliphatic heterocycles. The molecule has 1 aliphatic rings. The minimum Gasteiger partial charge on any atom is -0.337 e. The molecule has 0 atom stereocenters. The van der Waals surface area contributed by atoms with Gasteiger partial charge in [0.2, 0.25) is 0 Å². The van der Waals surface area contributed by atoms with Crippen molar-refractivity contribution in [2.24, 2.45) is 0 Å². The van der Waals surface area contributed by atoms with Crippen LogP contribution in [0, 0.1) is 0 Å². The van der Waals surface area contributed by atoms with E-state index >= 15 is 0 Å². The Morgan fingerprint density at radius 3 is 2.19 bits per heavy atom. The number of benzene rings is 2. The fourth-order valence-corrected chi connectivity index (χ4v) is 4.18. The van der Waals surface area contributed by atoms with Gasteiger partial charge in [0.1, 0.15) is 0 Å². The average molecular weight is 371 g/mol. The van der Waals surface area contributed by atoms with Crippen LogP contribution in [0.4, 0.5) is 0 Å². The van der Waals surface area contributed by atoms with Crippen LogP contribution in [-0.2, 0) is 9.84 Å². The van der Waals surface area contributed by atoms with Gasteiger partial charge in [-0.25, -0.2) is 8.42 Å². The predicted octanol–water partition coefficient (Wildman–Crippen LogP) is 2.82. The molecule has 0 bridgehead atoms. The number of sulfone groups is 1. The van der Waals surface area contributed by atoms with Crippen LogP contribution < -0.4 is 0 Å². The van der Waals surface area contributed by atoms with Gasteiger partial charge in [-0.05, 0) is 29.3 Å². The third-order valence-electron chi connectivity index (χ3n) is 4.60. The first-order chi connectivity index (χ1) is 12.4. The van der Waals surface area contributed by atoms with Gasteiger partial charge in [0.15, 0.2) is 15.6 Å². The molecule has 0 radical (unpaired) electrons. The lowest BCUT2D eigenvalue weighted by Crippen LogP contribution is -2.43. The number of carbonyl (C=O) groups excluding carboxylic acids is 2. The van der Waals surface area contributed by atoms with Gasteiger partial charge in [0.25, 0.3) is 5.91 Å². The monoisotopic (exact) mass is 371 g/mol. The predicted molar refractivity (Wildman–Crippen MR) is 101 cm³/mol. The summed E-state index contributed by atoms with van der Waals surface area (Å²) in [6, 6.07) is 14.6. The van der Waals surface area contributed by atoms with Crippen molar-refractivity contribution in [3.05, 3.63) is 59.7 Å². The first-order valence-electron chi connectivity index (χ1n) is 8.63. The van der Waals surface area contributed by atoms with Crippen molar-refractivity contribution in [2.75, 3.05) is 24.6 Å². The molecule has 1 fully saturated rings. The van der Waals surface area contributed by atoms with Crippen LogP contribution >= 0.6 is 0 Å². The summed E-state index contributed by atoms with van der Waals surface area (Å²) in [5, 5.41) is 0. The molecule has 0 N–H and O–H groups in total. The Bertz CT molecular complexity index is 919. The highest BCUT2D eigenvalue weighted by Gasteiger charge is 2.25. The zero-order chi connectivity index (χ0) is 18.7. The molecule has 0 spiro atoms. The highest BCUT2D eigenvalue weighted by molar-refractivity contribution is 7.91. The van der Waals surface area contributed by atoms with E-state index in [1.807, 2.05) is 37.3 Å². The smallest absolute Gasteiger partial charge is 0.253 e. The summed E-state index contributed by atoms with van der Waals surface area (Å²) in [4.78, 5) is 26.0. The summed E-state index contributed by atoms with van der Waals surface area (Å²) in [5.41, 5.74) is 3.06. The zero-order valence-corrected chi connectivity index (χ0v) is 15.5. The molecule has 5 nitrogen and oxygen atoms in total. The molecule has 2 aromatic rings. The number of amides is 1. The van der Waals surface area contributed by atoms with E-state index in [0.29, 0.717) is 17.5 Å². The summed E-state index contributed by atoms with van der Waals surface area (Å²) in [7, 11) is -3.01. The van der Waals surface area contributed by atoms with Gasteiger partial charge in [-0.1, -0.05) is 37.3 Å². The Morgan fingerprint density at radius 1 is 0.923 bits per heavy atom. The van der Waals surface area contributed by atoms with Crippen molar-refractivity contribution in [3.63, 3.8) is 0 Å². The van der Waals surface area contributed by atoms with E-state index in [1.165, 1.54) is 0 Å². The van der Waals surface area contributed by atoms with Crippen LogP contribution in [0.1, 0.15) is 34.1 Å². The molecule has 2 aromatic carbocycles. The summed E-state index contributed by atoms with van der Waals surface area (Å²) < 4.78 is 23.0. The second kappa shape index (κ2) is 7.41. The maximum Gasteiger partial charge on any atom is 0.253 e. The first kappa shape index (κ1) is 18.3. The average Bonchev–Trinajstić information content (AvgIpc) is 2.67. The van der Waals surface area contributed by atoms with Crippen molar-refractivity contribution in [2.45, 2.75) is 13.3 Å². The minimum atomic E-state index is -3.01. The molecule has 0 aromatic heterocycles. The van der Waals surface area contributed by atoms with Crippen LogP contribution in [-0.4, -0.2) is 49.6 Å². The van der Waals surface area contributed by atoms with E-state index in [0.717, 1.165) is 11.1 Å².